The molecule has 1 aromatic rings. The van der Waals surface area contributed by atoms with Crippen LogP contribution in [-0.2, 0) is 9.63 Å². The van der Waals surface area contributed by atoms with E-state index in [1.165, 1.54) is 0 Å². The Bertz CT molecular complexity index is 587. The molecule has 1 heterocycles. The second-order valence-electron chi connectivity index (χ2n) is 4.37. The van der Waals surface area contributed by atoms with Gasteiger partial charge < -0.3 is 4.84 Å². The highest BCUT2D eigenvalue weighted by Crippen LogP contribution is 2.31. The van der Waals surface area contributed by atoms with Crippen LogP contribution in [0.1, 0.15) is 12.0 Å². The second kappa shape index (κ2) is 6.25. The van der Waals surface area contributed by atoms with Crippen LogP contribution in [0.2, 0.25) is 10.0 Å². The van der Waals surface area contributed by atoms with Crippen molar-refractivity contribution >= 4 is 34.7 Å². The first-order valence-electron chi connectivity index (χ1n) is 5.96. The molecular formula is C13H10Cl2F3NO2. The van der Waals surface area contributed by atoms with Gasteiger partial charge in [0.25, 0.3) is 0 Å². The van der Waals surface area contributed by atoms with E-state index in [4.69, 9.17) is 23.2 Å². The van der Waals surface area contributed by atoms with Crippen LogP contribution in [0.3, 0.4) is 0 Å². The number of alkyl halides is 3. The molecule has 0 unspecified atom stereocenters. The first-order chi connectivity index (χ1) is 9.77. The summed E-state index contributed by atoms with van der Waals surface area (Å²) in [6.45, 7) is 0.205. The first kappa shape index (κ1) is 16.1. The maximum Gasteiger partial charge on any atom is 0.492 e. The Balaban J connectivity index is 2.05. The number of hydrogen-bond donors (Lipinski definition) is 0. The Hall–Kier alpha value is -1.24. The topological polar surface area (TPSA) is 29.5 Å². The largest absolute Gasteiger partial charge is 0.492 e. The molecule has 0 radical (unpaired) electrons. The quantitative estimate of drug-likeness (QED) is 0.812. The summed E-state index contributed by atoms with van der Waals surface area (Å²) < 4.78 is 36.3. The smallest absolute Gasteiger partial charge is 0.360 e. The van der Waals surface area contributed by atoms with Gasteiger partial charge in [-0.05, 0) is 35.8 Å². The van der Waals surface area contributed by atoms with Gasteiger partial charge in [-0.2, -0.15) is 13.2 Å². The maximum absolute atomic E-state index is 12.1. The van der Waals surface area contributed by atoms with Crippen molar-refractivity contribution in [3.8, 4) is 0 Å². The zero-order valence-electron chi connectivity index (χ0n) is 10.6. The molecule has 0 saturated carbocycles. The van der Waals surface area contributed by atoms with Crippen LogP contribution in [0.4, 0.5) is 13.2 Å². The lowest BCUT2D eigenvalue weighted by atomic mass is 10.0. The third-order valence-electron chi connectivity index (χ3n) is 2.89. The normalized spacial score (nSPS) is 16.5. The summed E-state index contributed by atoms with van der Waals surface area (Å²) in [7, 11) is 0. The van der Waals surface area contributed by atoms with E-state index >= 15 is 0 Å². The number of rotatable bonds is 2. The summed E-state index contributed by atoms with van der Waals surface area (Å²) >= 11 is 12.0. The second-order valence-corrected chi connectivity index (χ2v) is 5.21. The van der Waals surface area contributed by atoms with Gasteiger partial charge in [0.1, 0.15) is 0 Å². The van der Waals surface area contributed by atoms with Gasteiger partial charge >= 0.3 is 12.1 Å². The van der Waals surface area contributed by atoms with Crippen molar-refractivity contribution in [3.63, 3.8) is 0 Å². The molecule has 0 bridgehead atoms. The molecule has 0 aliphatic carbocycles. The Labute approximate surface area is 128 Å². The third kappa shape index (κ3) is 4.12. The summed E-state index contributed by atoms with van der Waals surface area (Å²) in [6.07, 6.45) is -2.95. The average molecular weight is 340 g/mol. The third-order valence-corrected chi connectivity index (χ3v) is 3.45. The Kier molecular flexibility index (Phi) is 4.81. The molecule has 0 atom stereocenters. The number of hydroxylamine groups is 2. The zero-order chi connectivity index (χ0) is 15.6. The Morgan fingerprint density at radius 3 is 2.57 bits per heavy atom. The highest BCUT2D eigenvalue weighted by Gasteiger charge is 2.42. The molecule has 0 spiro atoms. The van der Waals surface area contributed by atoms with E-state index in [9.17, 15) is 18.0 Å². The molecule has 114 valence electrons. The number of carbonyl (C=O) groups is 1. The van der Waals surface area contributed by atoms with Crippen molar-refractivity contribution in [3.05, 3.63) is 39.9 Å². The number of benzene rings is 1. The molecule has 8 heteroatoms. The minimum Gasteiger partial charge on any atom is -0.360 e. The van der Waals surface area contributed by atoms with Crippen molar-refractivity contribution in [2.24, 2.45) is 0 Å². The van der Waals surface area contributed by atoms with Crippen molar-refractivity contribution in [2.45, 2.75) is 12.6 Å². The fraction of sp³-hybridized carbons (Fsp3) is 0.308. The van der Waals surface area contributed by atoms with Crippen LogP contribution in [0.25, 0.3) is 5.57 Å². The van der Waals surface area contributed by atoms with E-state index in [2.05, 4.69) is 4.84 Å². The lowest BCUT2D eigenvalue weighted by molar-refractivity contribution is -0.237. The van der Waals surface area contributed by atoms with Crippen LogP contribution >= 0.6 is 23.2 Å². The van der Waals surface area contributed by atoms with Gasteiger partial charge in [-0.1, -0.05) is 29.3 Å². The molecule has 2 rings (SSSR count). The highest BCUT2D eigenvalue weighted by molar-refractivity contribution is 6.34. The number of nitrogens with zero attached hydrogens (tertiary/aromatic N) is 1. The minimum atomic E-state index is -5.00. The molecule has 3 nitrogen and oxygen atoms in total. The summed E-state index contributed by atoms with van der Waals surface area (Å²) in [6, 6.07) is 4.98. The van der Waals surface area contributed by atoms with Gasteiger partial charge in [-0.25, -0.2) is 4.79 Å². The SMILES string of the molecule is O=C(ON1CC=C(c2cc(Cl)ccc2Cl)CC1)C(F)(F)F. The summed E-state index contributed by atoms with van der Waals surface area (Å²) in [5.74, 6) is -2.22. The summed E-state index contributed by atoms with van der Waals surface area (Å²) in [5, 5.41) is 1.98. The molecule has 1 aromatic carbocycles. The highest BCUT2D eigenvalue weighted by atomic mass is 35.5. The van der Waals surface area contributed by atoms with Crippen molar-refractivity contribution in [2.75, 3.05) is 13.1 Å². The van der Waals surface area contributed by atoms with Crippen LogP contribution in [-0.4, -0.2) is 30.3 Å². The number of carbonyl (C=O) groups excluding carboxylic acids is 1. The molecule has 0 amide bonds. The monoisotopic (exact) mass is 339 g/mol. The molecule has 21 heavy (non-hydrogen) atoms. The molecule has 0 saturated heterocycles. The lowest BCUT2D eigenvalue weighted by Gasteiger charge is -2.25. The predicted octanol–water partition coefficient (Wildman–Crippen LogP) is 4.10. The van der Waals surface area contributed by atoms with E-state index in [-0.39, 0.29) is 13.1 Å². The molecule has 1 aliphatic rings. The van der Waals surface area contributed by atoms with Crippen LogP contribution in [0.5, 0.6) is 0 Å². The van der Waals surface area contributed by atoms with Crippen LogP contribution < -0.4 is 0 Å². The zero-order valence-corrected chi connectivity index (χ0v) is 12.1. The molecule has 0 aromatic heterocycles. The van der Waals surface area contributed by atoms with Gasteiger partial charge in [-0.15, -0.1) is 5.06 Å². The van der Waals surface area contributed by atoms with Gasteiger partial charge in [0.15, 0.2) is 0 Å². The predicted molar refractivity (Wildman–Crippen MR) is 72.8 cm³/mol. The van der Waals surface area contributed by atoms with E-state index in [1.807, 2.05) is 0 Å². The molecular weight excluding hydrogens is 330 g/mol. The van der Waals surface area contributed by atoms with Crippen LogP contribution in [0.15, 0.2) is 24.3 Å². The van der Waals surface area contributed by atoms with Crippen molar-refractivity contribution in [1.82, 2.24) is 5.06 Å². The molecule has 0 N–H and O–H groups in total. The van der Waals surface area contributed by atoms with Gasteiger partial charge in [0.2, 0.25) is 0 Å². The average Bonchev–Trinajstić information content (AvgIpc) is 2.41. The number of hydrogen-bond acceptors (Lipinski definition) is 3. The van der Waals surface area contributed by atoms with Gasteiger partial charge in [0, 0.05) is 16.6 Å². The van der Waals surface area contributed by atoms with Crippen molar-refractivity contribution in [1.29, 1.82) is 0 Å². The maximum atomic E-state index is 12.1. The lowest BCUT2D eigenvalue weighted by Crippen LogP contribution is -2.37. The standard InChI is InChI=1S/C13H10Cl2F3NO2/c14-9-1-2-11(15)10(7-9)8-3-5-19(6-4-8)21-12(20)13(16,17)18/h1-3,7H,4-6H2. The Morgan fingerprint density at radius 1 is 1.29 bits per heavy atom. The van der Waals surface area contributed by atoms with Crippen LogP contribution in [0, 0.1) is 0 Å². The van der Waals surface area contributed by atoms with E-state index in [0.29, 0.717) is 16.5 Å². The first-order valence-corrected chi connectivity index (χ1v) is 6.71. The Morgan fingerprint density at radius 2 is 2.00 bits per heavy atom. The van der Waals surface area contributed by atoms with Gasteiger partial charge in [0.05, 0.1) is 6.54 Å². The minimum absolute atomic E-state index is 0.0556. The van der Waals surface area contributed by atoms with E-state index in [0.717, 1.165) is 16.2 Å². The van der Waals surface area contributed by atoms with E-state index < -0.39 is 12.1 Å². The summed E-state index contributed by atoms with van der Waals surface area (Å²) in [5.41, 5.74) is 1.58. The summed E-state index contributed by atoms with van der Waals surface area (Å²) in [4.78, 5) is 15.0. The fourth-order valence-electron chi connectivity index (χ4n) is 1.89. The van der Waals surface area contributed by atoms with Gasteiger partial charge in [-0.3, -0.25) is 0 Å². The molecule has 1 aliphatic heterocycles. The fourth-order valence-corrected chi connectivity index (χ4v) is 2.30. The number of halogens is 5. The van der Waals surface area contributed by atoms with Crippen molar-refractivity contribution < 1.29 is 22.8 Å². The molecule has 0 fully saturated rings. The van der Waals surface area contributed by atoms with E-state index in [1.54, 1.807) is 24.3 Å².